The van der Waals surface area contributed by atoms with Gasteiger partial charge in [0.1, 0.15) is 5.75 Å². The summed E-state index contributed by atoms with van der Waals surface area (Å²) in [5.74, 6) is 0.387. The Kier molecular flexibility index (Phi) is 6.61. The van der Waals surface area contributed by atoms with E-state index in [9.17, 15) is 13.2 Å². The predicted octanol–water partition coefficient (Wildman–Crippen LogP) is 5.06. The van der Waals surface area contributed by atoms with Gasteiger partial charge in [0.15, 0.2) is 0 Å². The SMILES string of the molecule is CCCCCCOc1ccc(-c2cnc(N(C)C(F)(F)F)nc2)cc1. The first-order valence-corrected chi connectivity index (χ1v) is 8.27. The van der Waals surface area contributed by atoms with Crippen LogP contribution in [-0.2, 0) is 0 Å². The molecule has 0 fully saturated rings. The van der Waals surface area contributed by atoms with Crippen LogP contribution in [0.5, 0.6) is 5.75 Å². The van der Waals surface area contributed by atoms with E-state index in [0.717, 1.165) is 31.2 Å². The Morgan fingerprint density at radius 3 is 2.16 bits per heavy atom. The number of halogens is 3. The summed E-state index contributed by atoms with van der Waals surface area (Å²) in [6, 6.07) is 7.36. The van der Waals surface area contributed by atoms with Crippen LogP contribution in [0.2, 0.25) is 0 Å². The van der Waals surface area contributed by atoms with Crippen LogP contribution in [0.4, 0.5) is 19.1 Å². The van der Waals surface area contributed by atoms with Gasteiger partial charge in [0, 0.05) is 25.0 Å². The monoisotopic (exact) mass is 353 g/mol. The lowest BCUT2D eigenvalue weighted by molar-refractivity contribution is -0.126. The number of hydrogen-bond donors (Lipinski definition) is 0. The van der Waals surface area contributed by atoms with Crippen LogP contribution in [0.1, 0.15) is 32.6 Å². The zero-order valence-corrected chi connectivity index (χ0v) is 14.4. The van der Waals surface area contributed by atoms with E-state index in [1.54, 1.807) is 0 Å². The first-order chi connectivity index (χ1) is 11.9. The number of benzene rings is 1. The molecule has 1 heterocycles. The van der Waals surface area contributed by atoms with Gasteiger partial charge in [-0.05, 0) is 24.1 Å². The number of ether oxygens (including phenoxy) is 1. The molecule has 4 nitrogen and oxygen atoms in total. The molecule has 0 saturated carbocycles. The quantitative estimate of drug-likeness (QED) is 0.491. The lowest BCUT2D eigenvalue weighted by Crippen LogP contribution is -2.35. The average molecular weight is 353 g/mol. The molecular weight excluding hydrogens is 331 g/mol. The molecule has 0 unspecified atom stereocenters. The number of anilines is 1. The molecule has 1 aromatic heterocycles. The topological polar surface area (TPSA) is 38.2 Å². The fraction of sp³-hybridized carbons (Fsp3) is 0.444. The van der Waals surface area contributed by atoms with Gasteiger partial charge in [-0.1, -0.05) is 38.3 Å². The highest BCUT2D eigenvalue weighted by Crippen LogP contribution is 2.26. The van der Waals surface area contributed by atoms with E-state index in [-0.39, 0.29) is 10.8 Å². The van der Waals surface area contributed by atoms with Crippen LogP contribution in [0.15, 0.2) is 36.7 Å². The molecule has 0 atom stereocenters. The van der Waals surface area contributed by atoms with Crippen molar-refractivity contribution in [2.45, 2.75) is 38.9 Å². The normalized spacial score (nSPS) is 11.4. The van der Waals surface area contributed by atoms with Gasteiger partial charge < -0.3 is 4.74 Å². The van der Waals surface area contributed by atoms with Crippen LogP contribution in [0, 0.1) is 0 Å². The van der Waals surface area contributed by atoms with Crippen molar-refractivity contribution in [2.24, 2.45) is 0 Å². The fourth-order valence-corrected chi connectivity index (χ4v) is 2.22. The van der Waals surface area contributed by atoms with Crippen molar-refractivity contribution in [3.8, 4) is 16.9 Å². The molecule has 0 saturated heterocycles. The lowest BCUT2D eigenvalue weighted by atomic mass is 10.1. The van der Waals surface area contributed by atoms with E-state index in [1.807, 2.05) is 24.3 Å². The zero-order valence-electron chi connectivity index (χ0n) is 14.4. The summed E-state index contributed by atoms with van der Waals surface area (Å²) in [5, 5.41) is 0. The third-order valence-electron chi connectivity index (χ3n) is 3.77. The molecule has 0 bridgehead atoms. The van der Waals surface area contributed by atoms with Gasteiger partial charge in [-0.2, -0.15) is 0 Å². The summed E-state index contributed by atoms with van der Waals surface area (Å²) in [4.78, 5) is 7.65. The Morgan fingerprint density at radius 2 is 1.60 bits per heavy atom. The maximum atomic E-state index is 12.6. The van der Waals surface area contributed by atoms with Crippen molar-refractivity contribution in [1.29, 1.82) is 0 Å². The summed E-state index contributed by atoms with van der Waals surface area (Å²) in [5.41, 5.74) is 1.47. The van der Waals surface area contributed by atoms with E-state index in [4.69, 9.17) is 4.74 Å². The van der Waals surface area contributed by atoms with Gasteiger partial charge in [0.25, 0.3) is 0 Å². The summed E-state index contributed by atoms with van der Waals surface area (Å²) in [6.07, 6.45) is 2.84. The largest absolute Gasteiger partial charge is 0.494 e. The van der Waals surface area contributed by atoms with Crippen LogP contribution >= 0.6 is 0 Å². The summed E-state index contributed by atoms with van der Waals surface area (Å²) in [6.45, 7) is 2.85. The Hall–Kier alpha value is -2.31. The van der Waals surface area contributed by atoms with Gasteiger partial charge in [0.2, 0.25) is 5.95 Å². The van der Waals surface area contributed by atoms with Crippen LogP contribution in [0.3, 0.4) is 0 Å². The number of hydrogen-bond acceptors (Lipinski definition) is 4. The van der Waals surface area contributed by atoms with Gasteiger partial charge in [0.05, 0.1) is 6.61 Å². The van der Waals surface area contributed by atoms with Crippen LogP contribution < -0.4 is 9.64 Å². The third-order valence-corrected chi connectivity index (χ3v) is 3.77. The molecule has 7 heteroatoms. The highest BCUT2D eigenvalue weighted by Gasteiger charge is 2.36. The first kappa shape index (κ1) is 19.0. The minimum absolute atomic E-state index is 0.0757. The van der Waals surface area contributed by atoms with Gasteiger partial charge in [-0.3, -0.25) is 4.90 Å². The van der Waals surface area contributed by atoms with E-state index >= 15 is 0 Å². The second-order valence-corrected chi connectivity index (χ2v) is 5.73. The van der Waals surface area contributed by atoms with Crippen molar-refractivity contribution in [2.75, 3.05) is 18.6 Å². The Bertz CT molecular complexity index is 642. The molecule has 0 radical (unpaired) electrons. The number of unbranched alkanes of at least 4 members (excludes halogenated alkanes) is 3. The lowest BCUT2D eigenvalue weighted by Gasteiger charge is -2.19. The predicted molar refractivity (Wildman–Crippen MR) is 91.6 cm³/mol. The molecule has 0 aliphatic carbocycles. The molecule has 136 valence electrons. The second kappa shape index (κ2) is 8.69. The van der Waals surface area contributed by atoms with Crippen LogP contribution in [0.25, 0.3) is 11.1 Å². The van der Waals surface area contributed by atoms with Crippen LogP contribution in [-0.4, -0.2) is 29.9 Å². The van der Waals surface area contributed by atoms with Gasteiger partial charge in [-0.15, -0.1) is 13.2 Å². The van der Waals surface area contributed by atoms with E-state index in [1.165, 1.54) is 25.2 Å². The van der Waals surface area contributed by atoms with E-state index < -0.39 is 6.30 Å². The van der Waals surface area contributed by atoms with Gasteiger partial charge in [-0.25, -0.2) is 9.97 Å². The van der Waals surface area contributed by atoms with Crippen molar-refractivity contribution < 1.29 is 17.9 Å². The molecule has 0 spiro atoms. The average Bonchev–Trinajstić information content (AvgIpc) is 2.61. The molecule has 2 aromatic rings. The van der Waals surface area contributed by atoms with E-state index in [0.29, 0.717) is 12.2 Å². The summed E-state index contributed by atoms with van der Waals surface area (Å²) < 4.78 is 43.5. The molecule has 25 heavy (non-hydrogen) atoms. The number of nitrogens with zero attached hydrogens (tertiary/aromatic N) is 3. The molecular formula is C18H22F3N3O. The highest BCUT2D eigenvalue weighted by molar-refractivity contribution is 5.62. The summed E-state index contributed by atoms with van der Waals surface area (Å²) >= 11 is 0. The number of alkyl halides is 3. The Labute approximate surface area is 145 Å². The standard InChI is InChI=1S/C18H22F3N3O/c1-3-4-5-6-11-25-16-9-7-14(8-10-16)15-12-22-17(23-13-15)24(2)18(19,20)21/h7-10,12-13H,3-6,11H2,1-2H3. The fourth-order valence-electron chi connectivity index (χ4n) is 2.22. The van der Waals surface area contributed by atoms with Crippen molar-refractivity contribution in [3.63, 3.8) is 0 Å². The maximum Gasteiger partial charge on any atom is 0.487 e. The minimum Gasteiger partial charge on any atom is -0.494 e. The number of rotatable bonds is 8. The smallest absolute Gasteiger partial charge is 0.487 e. The molecule has 0 N–H and O–H groups in total. The molecule has 1 aromatic carbocycles. The maximum absolute atomic E-state index is 12.6. The highest BCUT2D eigenvalue weighted by atomic mass is 19.4. The van der Waals surface area contributed by atoms with Crippen molar-refractivity contribution in [1.82, 2.24) is 9.97 Å². The van der Waals surface area contributed by atoms with E-state index in [2.05, 4.69) is 16.9 Å². The molecule has 2 rings (SSSR count). The second-order valence-electron chi connectivity index (χ2n) is 5.73. The molecule has 0 aliphatic heterocycles. The van der Waals surface area contributed by atoms with Gasteiger partial charge >= 0.3 is 6.30 Å². The first-order valence-electron chi connectivity index (χ1n) is 8.27. The van der Waals surface area contributed by atoms with Crippen molar-refractivity contribution in [3.05, 3.63) is 36.7 Å². The summed E-state index contributed by atoms with van der Waals surface area (Å²) in [7, 11) is 0.891. The Balaban J connectivity index is 1.95. The zero-order chi connectivity index (χ0) is 18.3. The third kappa shape index (κ3) is 5.62. The number of aromatic nitrogens is 2. The molecule has 0 aliphatic rings. The molecule has 0 amide bonds. The van der Waals surface area contributed by atoms with Crippen molar-refractivity contribution >= 4 is 5.95 Å². The Morgan fingerprint density at radius 1 is 0.960 bits per heavy atom. The minimum atomic E-state index is -4.50.